The zero-order valence-electron chi connectivity index (χ0n) is 9.71. The van der Waals surface area contributed by atoms with Gasteiger partial charge in [-0.1, -0.05) is 34.8 Å². The van der Waals surface area contributed by atoms with E-state index >= 15 is 0 Å². The molecule has 5 heteroatoms. The van der Waals surface area contributed by atoms with Gasteiger partial charge in [-0.2, -0.15) is 0 Å². The summed E-state index contributed by atoms with van der Waals surface area (Å²) in [4.78, 5) is 0. The van der Waals surface area contributed by atoms with Crippen molar-refractivity contribution in [3.8, 4) is 0 Å². The minimum atomic E-state index is -0.665. The van der Waals surface area contributed by atoms with Crippen LogP contribution in [0.25, 0.3) is 0 Å². The molecular formula is C14H10Cl3IO. The summed E-state index contributed by atoms with van der Waals surface area (Å²) >= 11 is 20.2. The summed E-state index contributed by atoms with van der Waals surface area (Å²) in [5.41, 5.74) is 1.61. The molecule has 100 valence electrons. The van der Waals surface area contributed by atoms with E-state index in [1.165, 1.54) is 0 Å². The number of aliphatic hydroxyl groups excluding tert-OH is 1. The number of hydrogen-bond donors (Lipinski definition) is 1. The predicted molar refractivity (Wildman–Crippen MR) is 89.3 cm³/mol. The van der Waals surface area contributed by atoms with Gasteiger partial charge in [0, 0.05) is 25.1 Å². The second kappa shape index (κ2) is 6.64. The Morgan fingerprint density at radius 1 is 1.00 bits per heavy atom. The van der Waals surface area contributed by atoms with Gasteiger partial charge in [0.15, 0.2) is 0 Å². The van der Waals surface area contributed by atoms with Crippen molar-refractivity contribution in [2.75, 3.05) is 0 Å². The van der Waals surface area contributed by atoms with Gasteiger partial charge >= 0.3 is 0 Å². The van der Waals surface area contributed by atoms with Crippen LogP contribution in [0.15, 0.2) is 36.4 Å². The molecule has 0 spiro atoms. The Morgan fingerprint density at radius 2 is 1.63 bits per heavy atom. The van der Waals surface area contributed by atoms with Crippen molar-refractivity contribution in [3.63, 3.8) is 0 Å². The molecule has 0 fully saturated rings. The van der Waals surface area contributed by atoms with Gasteiger partial charge in [-0.25, -0.2) is 0 Å². The zero-order valence-corrected chi connectivity index (χ0v) is 14.1. The van der Waals surface area contributed by atoms with Crippen molar-refractivity contribution in [1.82, 2.24) is 0 Å². The maximum absolute atomic E-state index is 10.3. The molecule has 0 amide bonds. The highest BCUT2D eigenvalue weighted by Gasteiger charge is 2.14. The molecule has 0 bridgehead atoms. The molecule has 0 heterocycles. The zero-order chi connectivity index (χ0) is 14.0. The maximum atomic E-state index is 10.3. The summed E-state index contributed by atoms with van der Waals surface area (Å²) in [5.74, 6) is 0. The average molecular weight is 427 g/mol. The largest absolute Gasteiger partial charge is 0.388 e. The van der Waals surface area contributed by atoms with Gasteiger partial charge in [0.25, 0.3) is 0 Å². The lowest BCUT2D eigenvalue weighted by atomic mass is 10.0. The smallest absolute Gasteiger partial charge is 0.0841 e. The fourth-order valence-electron chi connectivity index (χ4n) is 1.79. The highest BCUT2D eigenvalue weighted by atomic mass is 127. The third-order valence-corrected chi connectivity index (χ3v) is 4.56. The van der Waals surface area contributed by atoms with E-state index in [-0.39, 0.29) is 0 Å². The molecule has 0 aromatic heterocycles. The first-order valence-corrected chi connectivity index (χ1v) is 7.75. The van der Waals surface area contributed by atoms with Crippen LogP contribution in [0.2, 0.25) is 15.1 Å². The Kier molecular flexibility index (Phi) is 5.37. The first kappa shape index (κ1) is 15.4. The molecule has 0 aliphatic heterocycles. The third kappa shape index (κ3) is 3.99. The van der Waals surface area contributed by atoms with Crippen LogP contribution in [0.1, 0.15) is 17.2 Å². The van der Waals surface area contributed by atoms with Gasteiger partial charge in [0.2, 0.25) is 0 Å². The van der Waals surface area contributed by atoms with E-state index in [0.29, 0.717) is 21.5 Å². The fraction of sp³-hybridized carbons (Fsp3) is 0.143. The average Bonchev–Trinajstić information content (AvgIpc) is 2.36. The predicted octanol–water partition coefficient (Wildman–Crippen LogP) is 5.53. The Hall–Kier alpha value is -0.000000000000000111. The number of hydrogen-bond acceptors (Lipinski definition) is 1. The SMILES string of the molecule is OC(Cc1cc(Cl)ccc1Cl)c1cc(Cl)ccc1I. The first-order valence-electron chi connectivity index (χ1n) is 5.54. The van der Waals surface area contributed by atoms with Crippen molar-refractivity contribution in [2.24, 2.45) is 0 Å². The molecule has 0 aliphatic rings. The van der Waals surface area contributed by atoms with E-state index in [0.717, 1.165) is 14.7 Å². The molecule has 19 heavy (non-hydrogen) atoms. The lowest BCUT2D eigenvalue weighted by Gasteiger charge is -2.14. The van der Waals surface area contributed by atoms with E-state index < -0.39 is 6.10 Å². The third-order valence-electron chi connectivity index (χ3n) is 2.74. The second-order valence-corrected chi connectivity index (χ2v) is 6.56. The van der Waals surface area contributed by atoms with Crippen LogP contribution in [0.5, 0.6) is 0 Å². The highest BCUT2D eigenvalue weighted by molar-refractivity contribution is 14.1. The standard InChI is InChI=1S/C14H10Cl3IO/c15-9-1-3-12(17)8(5-9)6-14(19)11-7-10(16)2-4-13(11)18/h1-5,7,14,19H,6H2. The summed E-state index contributed by atoms with van der Waals surface area (Å²) in [6.45, 7) is 0. The van der Waals surface area contributed by atoms with Gasteiger partial charge < -0.3 is 5.11 Å². The molecule has 0 radical (unpaired) electrons. The Bertz CT molecular complexity index is 601. The summed E-state index contributed by atoms with van der Waals surface area (Å²) in [5, 5.41) is 12.1. The molecule has 1 atom stereocenters. The molecule has 1 unspecified atom stereocenters. The molecule has 1 N–H and O–H groups in total. The van der Waals surface area contributed by atoms with E-state index in [4.69, 9.17) is 34.8 Å². The normalized spacial score (nSPS) is 12.5. The van der Waals surface area contributed by atoms with E-state index in [9.17, 15) is 5.11 Å². The summed E-state index contributed by atoms with van der Waals surface area (Å²) < 4.78 is 0.965. The number of benzene rings is 2. The van der Waals surface area contributed by atoms with E-state index in [1.54, 1.807) is 30.3 Å². The minimum absolute atomic E-state index is 0.399. The van der Waals surface area contributed by atoms with Crippen LogP contribution in [0.3, 0.4) is 0 Å². The Morgan fingerprint density at radius 3 is 2.37 bits per heavy atom. The van der Waals surface area contributed by atoms with Gasteiger partial charge in [-0.05, 0) is 70.1 Å². The van der Waals surface area contributed by atoms with Crippen LogP contribution >= 0.6 is 57.4 Å². The van der Waals surface area contributed by atoms with Crippen LogP contribution in [-0.4, -0.2) is 5.11 Å². The van der Waals surface area contributed by atoms with Crippen molar-refractivity contribution in [3.05, 3.63) is 66.2 Å². The molecule has 0 saturated heterocycles. The number of aliphatic hydroxyl groups is 1. The molecule has 0 saturated carbocycles. The topological polar surface area (TPSA) is 20.2 Å². The fourth-order valence-corrected chi connectivity index (χ4v) is 3.05. The van der Waals surface area contributed by atoms with Crippen molar-refractivity contribution < 1.29 is 5.11 Å². The first-order chi connectivity index (χ1) is 8.97. The van der Waals surface area contributed by atoms with Gasteiger partial charge in [-0.15, -0.1) is 0 Å². The van der Waals surface area contributed by atoms with Crippen molar-refractivity contribution in [1.29, 1.82) is 0 Å². The van der Waals surface area contributed by atoms with Crippen LogP contribution < -0.4 is 0 Å². The van der Waals surface area contributed by atoms with Crippen molar-refractivity contribution in [2.45, 2.75) is 12.5 Å². The minimum Gasteiger partial charge on any atom is -0.388 e. The molecule has 2 aromatic carbocycles. The van der Waals surface area contributed by atoms with Crippen LogP contribution in [0.4, 0.5) is 0 Å². The molecule has 1 nitrogen and oxygen atoms in total. The highest BCUT2D eigenvalue weighted by Crippen LogP contribution is 2.29. The van der Waals surface area contributed by atoms with E-state index in [1.807, 2.05) is 6.07 Å². The second-order valence-electron chi connectivity index (χ2n) is 4.12. The quantitative estimate of drug-likeness (QED) is 0.639. The number of rotatable bonds is 3. The lowest BCUT2D eigenvalue weighted by Crippen LogP contribution is -2.04. The summed E-state index contributed by atoms with van der Waals surface area (Å²) in [6, 6.07) is 10.7. The summed E-state index contributed by atoms with van der Waals surface area (Å²) in [6.07, 6.45) is -0.267. The Labute approximate surface area is 140 Å². The molecule has 2 aromatic rings. The van der Waals surface area contributed by atoms with Gasteiger partial charge in [0.05, 0.1) is 6.10 Å². The van der Waals surface area contributed by atoms with Gasteiger partial charge in [-0.3, -0.25) is 0 Å². The number of halogens is 4. The summed E-state index contributed by atoms with van der Waals surface area (Å²) in [7, 11) is 0. The maximum Gasteiger partial charge on any atom is 0.0841 e. The molecule has 2 rings (SSSR count). The van der Waals surface area contributed by atoms with Gasteiger partial charge in [0.1, 0.15) is 0 Å². The monoisotopic (exact) mass is 426 g/mol. The van der Waals surface area contributed by atoms with Crippen LogP contribution in [-0.2, 0) is 6.42 Å². The van der Waals surface area contributed by atoms with Crippen molar-refractivity contribution >= 4 is 57.4 Å². The molecular weight excluding hydrogens is 417 g/mol. The van der Waals surface area contributed by atoms with Crippen LogP contribution in [0, 0.1) is 3.57 Å². The van der Waals surface area contributed by atoms with E-state index in [2.05, 4.69) is 22.6 Å². The molecule has 0 aliphatic carbocycles. The Balaban J connectivity index is 2.27. The lowest BCUT2D eigenvalue weighted by molar-refractivity contribution is 0.177.